The average Bonchev–Trinajstić information content (AvgIpc) is 2.73. The molecular formula is C24H32N2O3. The maximum absolute atomic E-state index is 12.4. The molecule has 1 amide bonds. The van der Waals surface area contributed by atoms with E-state index in [1.54, 1.807) is 4.90 Å². The van der Waals surface area contributed by atoms with Crippen molar-refractivity contribution in [2.45, 2.75) is 32.7 Å². The van der Waals surface area contributed by atoms with Gasteiger partial charge in [-0.25, -0.2) is 0 Å². The number of hydrogen-bond donors (Lipinski definition) is 0. The Labute approximate surface area is 174 Å². The summed E-state index contributed by atoms with van der Waals surface area (Å²) in [7, 11) is 1.81. The van der Waals surface area contributed by atoms with Gasteiger partial charge >= 0.3 is 0 Å². The summed E-state index contributed by atoms with van der Waals surface area (Å²) in [6, 6.07) is 16.4. The molecule has 1 aliphatic heterocycles. The monoisotopic (exact) mass is 396 g/mol. The Morgan fingerprint density at radius 1 is 1.03 bits per heavy atom. The smallest absolute Gasteiger partial charge is 0.260 e. The van der Waals surface area contributed by atoms with Crippen molar-refractivity contribution < 1.29 is 14.3 Å². The molecule has 2 aromatic rings. The molecule has 0 unspecified atom stereocenters. The first kappa shape index (κ1) is 21.2. The summed E-state index contributed by atoms with van der Waals surface area (Å²) in [5.74, 6) is 0.678. The highest BCUT2D eigenvalue weighted by atomic mass is 16.5. The van der Waals surface area contributed by atoms with Crippen molar-refractivity contribution >= 4 is 11.6 Å². The largest absolute Gasteiger partial charge is 0.484 e. The zero-order valence-corrected chi connectivity index (χ0v) is 18.0. The fraction of sp³-hybridized carbons (Fsp3) is 0.458. The summed E-state index contributed by atoms with van der Waals surface area (Å²) in [6.07, 6.45) is 0. The van der Waals surface area contributed by atoms with Gasteiger partial charge < -0.3 is 19.3 Å². The molecule has 0 atom stereocenters. The predicted molar refractivity (Wildman–Crippen MR) is 117 cm³/mol. The molecule has 2 aromatic carbocycles. The first-order valence-electron chi connectivity index (χ1n) is 10.2. The molecule has 0 saturated carbocycles. The van der Waals surface area contributed by atoms with Crippen molar-refractivity contribution in [1.82, 2.24) is 4.90 Å². The number of hydrogen-bond acceptors (Lipinski definition) is 4. The lowest BCUT2D eigenvalue weighted by Crippen LogP contribution is -2.36. The summed E-state index contributed by atoms with van der Waals surface area (Å²) in [5.41, 5.74) is 3.65. The van der Waals surface area contributed by atoms with Crippen LogP contribution in [-0.4, -0.2) is 50.8 Å². The number of amides is 1. The van der Waals surface area contributed by atoms with E-state index in [0.717, 1.165) is 37.6 Å². The van der Waals surface area contributed by atoms with Crippen molar-refractivity contribution in [3.63, 3.8) is 0 Å². The lowest BCUT2D eigenvalue weighted by atomic mass is 9.87. The summed E-state index contributed by atoms with van der Waals surface area (Å²) >= 11 is 0. The van der Waals surface area contributed by atoms with Crippen molar-refractivity contribution in [3.8, 4) is 5.75 Å². The minimum absolute atomic E-state index is 0.0389. The van der Waals surface area contributed by atoms with Crippen LogP contribution in [0.2, 0.25) is 0 Å². The number of nitrogens with zero attached hydrogens (tertiary/aromatic N) is 2. The Morgan fingerprint density at radius 3 is 2.24 bits per heavy atom. The molecular weight excluding hydrogens is 364 g/mol. The minimum atomic E-state index is -0.0397. The fourth-order valence-electron chi connectivity index (χ4n) is 3.30. The van der Waals surface area contributed by atoms with Crippen molar-refractivity contribution in [1.29, 1.82) is 0 Å². The third-order valence-electron chi connectivity index (χ3n) is 5.24. The predicted octanol–water partition coefficient (Wildman–Crippen LogP) is 3.86. The van der Waals surface area contributed by atoms with E-state index in [4.69, 9.17) is 9.47 Å². The van der Waals surface area contributed by atoms with Gasteiger partial charge in [0, 0.05) is 32.4 Å². The number of carbonyl (C=O) groups is 1. The number of benzene rings is 2. The SMILES string of the molecule is CN(Cc1ccc(N2CCOCC2)cc1)C(=O)COc1ccc(C(C)(C)C)cc1. The summed E-state index contributed by atoms with van der Waals surface area (Å²) < 4.78 is 11.1. The Kier molecular flexibility index (Phi) is 6.80. The first-order valence-corrected chi connectivity index (χ1v) is 10.2. The Bertz CT molecular complexity index is 788. The molecule has 5 heteroatoms. The molecule has 0 aromatic heterocycles. The molecule has 3 rings (SSSR count). The lowest BCUT2D eigenvalue weighted by molar-refractivity contribution is -0.132. The van der Waals surface area contributed by atoms with Crippen LogP contribution < -0.4 is 9.64 Å². The lowest BCUT2D eigenvalue weighted by Gasteiger charge is -2.29. The Hall–Kier alpha value is -2.53. The van der Waals surface area contributed by atoms with Crippen molar-refractivity contribution in [2.75, 3.05) is 44.9 Å². The fourth-order valence-corrected chi connectivity index (χ4v) is 3.30. The van der Waals surface area contributed by atoms with Crippen molar-refractivity contribution in [2.24, 2.45) is 0 Å². The summed E-state index contributed by atoms with van der Waals surface area (Å²) in [5, 5.41) is 0. The van der Waals surface area contributed by atoms with E-state index < -0.39 is 0 Å². The van der Waals surface area contributed by atoms with E-state index in [2.05, 4.69) is 62.1 Å². The zero-order chi connectivity index (χ0) is 20.9. The molecule has 0 radical (unpaired) electrons. The molecule has 0 N–H and O–H groups in total. The molecule has 1 saturated heterocycles. The van der Waals surface area contributed by atoms with E-state index >= 15 is 0 Å². The number of rotatable bonds is 6. The average molecular weight is 397 g/mol. The zero-order valence-electron chi connectivity index (χ0n) is 18.0. The topological polar surface area (TPSA) is 42.0 Å². The van der Waals surface area contributed by atoms with Crippen LogP contribution in [0.25, 0.3) is 0 Å². The number of ether oxygens (including phenoxy) is 2. The van der Waals surface area contributed by atoms with Gasteiger partial charge in [-0.05, 0) is 40.8 Å². The molecule has 5 nitrogen and oxygen atoms in total. The van der Waals surface area contributed by atoms with Crippen LogP contribution in [0.4, 0.5) is 5.69 Å². The molecule has 1 fully saturated rings. The number of carbonyl (C=O) groups excluding carboxylic acids is 1. The third kappa shape index (κ3) is 5.97. The Balaban J connectivity index is 1.48. The molecule has 1 heterocycles. The summed E-state index contributed by atoms with van der Waals surface area (Å²) in [4.78, 5) is 16.5. The molecule has 0 spiro atoms. The van der Waals surface area contributed by atoms with E-state index in [-0.39, 0.29) is 17.9 Å². The summed E-state index contributed by atoms with van der Waals surface area (Å²) in [6.45, 7) is 10.5. The first-order chi connectivity index (χ1) is 13.8. The Morgan fingerprint density at radius 2 is 1.66 bits per heavy atom. The van der Waals surface area contributed by atoms with Crippen LogP contribution in [0.1, 0.15) is 31.9 Å². The van der Waals surface area contributed by atoms with E-state index in [1.807, 2.05) is 19.2 Å². The van der Waals surface area contributed by atoms with Gasteiger partial charge in [0.05, 0.1) is 13.2 Å². The van der Waals surface area contributed by atoms with E-state index in [9.17, 15) is 4.79 Å². The highest BCUT2D eigenvalue weighted by molar-refractivity contribution is 5.77. The molecule has 0 aliphatic carbocycles. The second-order valence-corrected chi connectivity index (χ2v) is 8.58. The van der Waals surface area contributed by atoms with Crippen LogP contribution in [0.5, 0.6) is 5.75 Å². The normalized spacial score (nSPS) is 14.6. The van der Waals surface area contributed by atoms with Crippen LogP contribution in [0, 0.1) is 0 Å². The highest BCUT2D eigenvalue weighted by Crippen LogP contribution is 2.24. The van der Waals surface area contributed by atoms with Gasteiger partial charge in [0.15, 0.2) is 6.61 Å². The van der Waals surface area contributed by atoms with Gasteiger partial charge in [-0.2, -0.15) is 0 Å². The maximum atomic E-state index is 12.4. The molecule has 29 heavy (non-hydrogen) atoms. The van der Waals surface area contributed by atoms with E-state index in [1.165, 1.54) is 11.3 Å². The molecule has 0 bridgehead atoms. The van der Waals surface area contributed by atoms with Gasteiger partial charge in [-0.1, -0.05) is 45.0 Å². The number of likely N-dealkylation sites (N-methyl/N-ethyl adjacent to an activating group) is 1. The van der Waals surface area contributed by atoms with Gasteiger partial charge in [0.25, 0.3) is 5.91 Å². The van der Waals surface area contributed by atoms with Gasteiger partial charge in [-0.3, -0.25) is 4.79 Å². The maximum Gasteiger partial charge on any atom is 0.260 e. The van der Waals surface area contributed by atoms with Crippen LogP contribution >= 0.6 is 0 Å². The molecule has 1 aliphatic rings. The quantitative estimate of drug-likeness (QED) is 0.744. The van der Waals surface area contributed by atoms with Crippen molar-refractivity contribution in [3.05, 3.63) is 59.7 Å². The minimum Gasteiger partial charge on any atom is -0.484 e. The molecule has 156 valence electrons. The standard InChI is InChI=1S/C24H32N2O3/c1-24(2,3)20-7-11-22(12-8-20)29-18-23(27)25(4)17-19-5-9-21(10-6-19)26-13-15-28-16-14-26/h5-12H,13-18H2,1-4H3. The highest BCUT2D eigenvalue weighted by Gasteiger charge is 2.15. The van der Waals surface area contributed by atoms with Crippen LogP contribution in [-0.2, 0) is 21.5 Å². The third-order valence-corrected chi connectivity index (χ3v) is 5.24. The number of morpholine rings is 1. The van der Waals surface area contributed by atoms with Crippen LogP contribution in [0.3, 0.4) is 0 Å². The van der Waals surface area contributed by atoms with Gasteiger partial charge in [0.2, 0.25) is 0 Å². The van der Waals surface area contributed by atoms with Gasteiger partial charge in [-0.15, -0.1) is 0 Å². The van der Waals surface area contributed by atoms with E-state index in [0.29, 0.717) is 6.54 Å². The second kappa shape index (κ2) is 9.31. The second-order valence-electron chi connectivity index (χ2n) is 8.58. The van der Waals surface area contributed by atoms with Crippen LogP contribution in [0.15, 0.2) is 48.5 Å². The van der Waals surface area contributed by atoms with Gasteiger partial charge in [0.1, 0.15) is 5.75 Å². The number of anilines is 1.